The Kier molecular flexibility index (Phi) is 3.42. The molecule has 3 aromatic rings. The summed E-state index contributed by atoms with van der Waals surface area (Å²) in [7, 11) is 1.46. The van der Waals surface area contributed by atoms with Crippen LogP contribution in [0, 0.1) is 0 Å². The molecule has 7 nitrogen and oxygen atoms in total. The van der Waals surface area contributed by atoms with Gasteiger partial charge < -0.3 is 0 Å². The van der Waals surface area contributed by atoms with E-state index in [2.05, 4.69) is 20.4 Å². The summed E-state index contributed by atoms with van der Waals surface area (Å²) in [5.74, 6) is 0.383. The minimum atomic E-state index is -3.96. The summed E-state index contributed by atoms with van der Waals surface area (Å²) < 4.78 is 24.7. The van der Waals surface area contributed by atoms with Crippen molar-refractivity contribution in [1.82, 2.24) is 25.0 Å². The number of benzene rings is 1. The largest absolute Gasteiger partial charge is 0.296 e. The van der Waals surface area contributed by atoms with Crippen LogP contribution in [0.5, 0.6) is 0 Å². The number of halogens is 1. The van der Waals surface area contributed by atoms with Crippen molar-refractivity contribution in [3.8, 4) is 11.5 Å². The first kappa shape index (κ1) is 14.0. The monoisotopic (exact) mass is 325 g/mol. The summed E-state index contributed by atoms with van der Waals surface area (Å²) >= 11 is 0. The summed E-state index contributed by atoms with van der Waals surface area (Å²) in [4.78, 5) is 0. The van der Waals surface area contributed by atoms with Gasteiger partial charge in [-0.2, -0.15) is 5.10 Å². The first-order valence-corrected chi connectivity index (χ1v) is 8.64. The van der Waals surface area contributed by atoms with Crippen molar-refractivity contribution < 1.29 is 8.42 Å². The second kappa shape index (κ2) is 5.12. The van der Waals surface area contributed by atoms with Gasteiger partial charge >= 0.3 is 0 Å². The average Bonchev–Trinajstić information content (AvgIpc) is 3.02. The van der Waals surface area contributed by atoms with E-state index < -0.39 is 9.05 Å². The van der Waals surface area contributed by atoms with E-state index in [1.54, 1.807) is 0 Å². The van der Waals surface area contributed by atoms with Gasteiger partial charge in [0.15, 0.2) is 5.82 Å². The van der Waals surface area contributed by atoms with Gasteiger partial charge in [0.2, 0.25) is 0 Å². The van der Waals surface area contributed by atoms with E-state index >= 15 is 0 Å². The van der Waals surface area contributed by atoms with Crippen LogP contribution in [0.3, 0.4) is 0 Å². The number of aromatic nitrogens is 5. The predicted molar refractivity (Wildman–Crippen MR) is 78.4 cm³/mol. The van der Waals surface area contributed by atoms with E-state index in [4.69, 9.17) is 10.7 Å². The van der Waals surface area contributed by atoms with Crippen molar-refractivity contribution in [3.05, 3.63) is 24.3 Å². The van der Waals surface area contributed by atoms with Crippen molar-refractivity contribution in [3.63, 3.8) is 0 Å². The third kappa shape index (κ3) is 2.40. The fourth-order valence-electron chi connectivity index (χ4n) is 2.20. The van der Waals surface area contributed by atoms with Crippen molar-refractivity contribution in [1.29, 1.82) is 0 Å². The van der Waals surface area contributed by atoms with Gasteiger partial charge in [-0.05, 0) is 12.5 Å². The molecule has 0 unspecified atom stereocenters. The molecule has 9 heteroatoms. The molecule has 1 N–H and O–H groups in total. The molecule has 3 rings (SSSR count). The van der Waals surface area contributed by atoms with Crippen LogP contribution in [0.15, 0.2) is 29.4 Å². The highest BCUT2D eigenvalue weighted by atomic mass is 35.7. The number of para-hydroxylation sites is 1. The molecule has 0 bridgehead atoms. The van der Waals surface area contributed by atoms with Crippen LogP contribution in [-0.2, 0) is 15.6 Å². The van der Waals surface area contributed by atoms with Gasteiger partial charge in [-0.15, -0.1) is 10.2 Å². The van der Waals surface area contributed by atoms with E-state index in [9.17, 15) is 8.42 Å². The fourth-order valence-corrected chi connectivity index (χ4v) is 3.13. The molecule has 0 fully saturated rings. The standard InChI is InChI=1S/C12H12ClN5O2S/c1-2-7-18-11(16-17-12(18)21(13,19)20)10-8-5-3-4-6-9(8)14-15-10/h3-6H,2,7H2,1H3,(H,14,15). The van der Waals surface area contributed by atoms with Crippen molar-refractivity contribution >= 4 is 30.6 Å². The summed E-state index contributed by atoms with van der Waals surface area (Å²) in [5, 5.41) is 15.4. The summed E-state index contributed by atoms with van der Waals surface area (Å²) in [5.41, 5.74) is 1.40. The third-order valence-corrected chi connectivity index (χ3v) is 4.22. The van der Waals surface area contributed by atoms with Gasteiger partial charge in [-0.1, -0.05) is 25.1 Å². The first-order valence-electron chi connectivity index (χ1n) is 6.33. The predicted octanol–water partition coefficient (Wildman–Crippen LogP) is 2.16. The topological polar surface area (TPSA) is 93.5 Å². The highest BCUT2D eigenvalue weighted by Gasteiger charge is 2.24. The van der Waals surface area contributed by atoms with Crippen LogP contribution in [0.4, 0.5) is 0 Å². The van der Waals surface area contributed by atoms with Gasteiger partial charge in [0, 0.05) is 22.6 Å². The molecule has 0 aliphatic rings. The van der Waals surface area contributed by atoms with E-state index in [0.29, 0.717) is 24.5 Å². The lowest BCUT2D eigenvalue weighted by Crippen LogP contribution is -2.07. The van der Waals surface area contributed by atoms with Gasteiger partial charge in [0.1, 0.15) is 5.69 Å². The Morgan fingerprint density at radius 3 is 2.76 bits per heavy atom. The van der Waals surface area contributed by atoms with Crippen LogP contribution in [0.25, 0.3) is 22.4 Å². The van der Waals surface area contributed by atoms with E-state index in [1.165, 1.54) is 4.57 Å². The lowest BCUT2D eigenvalue weighted by molar-refractivity contribution is 0.569. The molecular formula is C12H12ClN5O2S. The molecule has 1 aromatic carbocycles. The molecule has 0 radical (unpaired) electrons. The van der Waals surface area contributed by atoms with Crippen molar-refractivity contribution in [2.45, 2.75) is 25.0 Å². The van der Waals surface area contributed by atoms with Crippen molar-refractivity contribution in [2.75, 3.05) is 0 Å². The average molecular weight is 326 g/mol. The summed E-state index contributed by atoms with van der Waals surface area (Å²) in [6.45, 7) is 2.36. The second-order valence-corrected chi connectivity index (χ2v) is 6.97. The third-order valence-electron chi connectivity index (χ3n) is 3.06. The van der Waals surface area contributed by atoms with Gasteiger partial charge in [0.05, 0.1) is 5.52 Å². The summed E-state index contributed by atoms with van der Waals surface area (Å²) in [6, 6.07) is 7.52. The van der Waals surface area contributed by atoms with Crippen LogP contribution in [0.2, 0.25) is 0 Å². The molecule has 0 aliphatic heterocycles. The summed E-state index contributed by atoms with van der Waals surface area (Å²) in [6.07, 6.45) is 0.715. The lowest BCUT2D eigenvalue weighted by Gasteiger charge is -2.05. The Balaban J connectivity index is 2.25. The quantitative estimate of drug-likeness (QED) is 0.742. The minimum Gasteiger partial charge on any atom is -0.295 e. The maximum atomic E-state index is 11.6. The second-order valence-electron chi connectivity index (χ2n) is 4.51. The molecule has 0 atom stereocenters. The number of hydrogen-bond acceptors (Lipinski definition) is 5. The molecule has 0 amide bonds. The highest BCUT2D eigenvalue weighted by molar-refractivity contribution is 8.13. The number of nitrogens with zero attached hydrogens (tertiary/aromatic N) is 4. The Morgan fingerprint density at radius 1 is 1.29 bits per heavy atom. The zero-order valence-corrected chi connectivity index (χ0v) is 12.7. The number of aromatic amines is 1. The van der Waals surface area contributed by atoms with Crippen LogP contribution >= 0.6 is 10.7 Å². The zero-order chi connectivity index (χ0) is 15.0. The fraction of sp³-hybridized carbons (Fsp3) is 0.250. The molecule has 0 spiro atoms. The molecule has 0 aliphatic carbocycles. The van der Waals surface area contributed by atoms with Gasteiger partial charge in [-0.25, -0.2) is 8.42 Å². The first-order chi connectivity index (χ1) is 10.0. The maximum Gasteiger partial charge on any atom is 0.296 e. The smallest absolute Gasteiger partial charge is 0.295 e. The lowest BCUT2D eigenvalue weighted by atomic mass is 10.2. The number of hydrogen-bond donors (Lipinski definition) is 1. The molecule has 110 valence electrons. The molecule has 0 saturated heterocycles. The van der Waals surface area contributed by atoms with Crippen LogP contribution in [0.1, 0.15) is 13.3 Å². The normalized spacial score (nSPS) is 12.1. The van der Waals surface area contributed by atoms with E-state index in [1.807, 2.05) is 31.2 Å². The molecular weight excluding hydrogens is 314 g/mol. The van der Waals surface area contributed by atoms with E-state index in [-0.39, 0.29) is 5.16 Å². The molecule has 2 aromatic heterocycles. The van der Waals surface area contributed by atoms with Crippen LogP contribution in [-0.4, -0.2) is 33.4 Å². The maximum absolute atomic E-state index is 11.6. The van der Waals surface area contributed by atoms with E-state index in [0.717, 1.165) is 10.9 Å². The highest BCUT2D eigenvalue weighted by Crippen LogP contribution is 2.27. The molecule has 2 heterocycles. The Bertz CT molecular complexity index is 899. The number of rotatable bonds is 4. The Morgan fingerprint density at radius 2 is 2.05 bits per heavy atom. The molecule has 0 saturated carbocycles. The Labute approximate surface area is 125 Å². The van der Waals surface area contributed by atoms with Gasteiger partial charge in [0.25, 0.3) is 14.2 Å². The van der Waals surface area contributed by atoms with Gasteiger partial charge in [-0.3, -0.25) is 9.67 Å². The van der Waals surface area contributed by atoms with Crippen LogP contribution < -0.4 is 0 Å². The number of nitrogens with one attached hydrogen (secondary N) is 1. The minimum absolute atomic E-state index is 0.256. The Hall–Kier alpha value is -1.93. The molecule has 21 heavy (non-hydrogen) atoms. The number of H-pyrrole nitrogens is 1. The SMILES string of the molecule is CCCn1c(-c2n[nH]c3ccccc23)nnc1S(=O)(=O)Cl. The zero-order valence-electron chi connectivity index (χ0n) is 11.1. The number of fused-ring (bicyclic) bond motifs is 1. The van der Waals surface area contributed by atoms with Crippen molar-refractivity contribution in [2.24, 2.45) is 0 Å².